The lowest BCUT2D eigenvalue weighted by atomic mass is 10.1. The second-order valence-corrected chi connectivity index (χ2v) is 7.87. The Morgan fingerprint density at radius 2 is 2.05 bits per heavy atom. The zero-order valence-electron chi connectivity index (χ0n) is 12.0. The number of hydrogen-bond acceptors (Lipinski definition) is 5. The molecule has 0 aliphatic heterocycles. The Hall–Kier alpha value is -1.73. The molecule has 1 aromatic carbocycles. The van der Waals surface area contributed by atoms with E-state index in [9.17, 15) is 13.2 Å². The van der Waals surface area contributed by atoms with Gasteiger partial charge in [0.2, 0.25) is 0 Å². The molecule has 0 bridgehead atoms. The molecule has 112 valence electrons. The summed E-state index contributed by atoms with van der Waals surface area (Å²) in [5, 5.41) is 5.58. The fourth-order valence-electron chi connectivity index (χ4n) is 1.83. The highest BCUT2D eigenvalue weighted by Crippen LogP contribution is 2.16. The summed E-state index contributed by atoms with van der Waals surface area (Å²) in [6.45, 7) is 4.00. The smallest absolute Gasteiger partial charge is 0.251 e. The van der Waals surface area contributed by atoms with Crippen LogP contribution < -0.4 is 5.32 Å². The number of carbonyl (C=O) groups is 1. The van der Waals surface area contributed by atoms with Crippen LogP contribution in [0.1, 0.15) is 26.6 Å². The molecule has 0 saturated carbocycles. The maximum Gasteiger partial charge on any atom is 0.251 e. The third-order valence-corrected chi connectivity index (χ3v) is 4.91. The molecule has 21 heavy (non-hydrogen) atoms. The molecule has 0 aliphatic rings. The fraction of sp³-hybridized carbons (Fsp3) is 0.286. The van der Waals surface area contributed by atoms with Crippen LogP contribution in [0.15, 0.2) is 28.5 Å². The standard InChI is InChI=1S/C14H16N2O3S2/c1-9-4-5-12(21(3,18)19)6-13(9)14(17)15-7-11-8-20-10(2)16-11/h4-6,8H,7H2,1-3H3,(H,15,17). The van der Waals surface area contributed by atoms with Crippen LogP contribution in [0, 0.1) is 13.8 Å². The van der Waals surface area contributed by atoms with E-state index < -0.39 is 9.84 Å². The molecule has 1 N–H and O–H groups in total. The first-order valence-corrected chi connectivity index (χ1v) is 9.04. The number of nitrogens with one attached hydrogen (secondary N) is 1. The van der Waals surface area contributed by atoms with E-state index in [-0.39, 0.29) is 10.8 Å². The molecule has 0 unspecified atom stereocenters. The number of aryl methyl sites for hydroxylation is 2. The summed E-state index contributed by atoms with van der Waals surface area (Å²) in [5.41, 5.74) is 1.89. The summed E-state index contributed by atoms with van der Waals surface area (Å²) in [7, 11) is -3.33. The number of nitrogens with zero attached hydrogens (tertiary/aromatic N) is 1. The number of aromatic nitrogens is 1. The van der Waals surface area contributed by atoms with Crippen LogP contribution in [-0.2, 0) is 16.4 Å². The normalized spacial score (nSPS) is 11.4. The Morgan fingerprint density at radius 1 is 1.33 bits per heavy atom. The van der Waals surface area contributed by atoms with Gasteiger partial charge in [-0.2, -0.15) is 0 Å². The first-order valence-electron chi connectivity index (χ1n) is 6.27. The third-order valence-electron chi connectivity index (χ3n) is 2.98. The minimum atomic E-state index is -3.33. The topological polar surface area (TPSA) is 76.1 Å². The van der Waals surface area contributed by atoms with Gasteiger partial charge in [0.25, 0.3) is 5.91 Å². The predicted octanol–water partition coefficient (Wildman–Crippen LogP) is 2.09. The SMILES string of the molecule is Cc1nc(CNC(=O)c2cc(S(C)(=O)=O)ccc2C)cs1. The molecular weight excluding hydrogens is 308 g/mol. The van der Waals surface area contributed by atoms with E-state index in [2.05, 4.69) is 10.3 Å². The first kappa shape index (κ1) is 15.7. The van der Waals surface area contributed by atoms with Crippen LogP contribution in [0.5, 0.6) is 0 Å². The largest absolute Gasteiger partial charge is 0.346 e. The van der Waals surface area contributed by atoms with Gasteiger partial charge in [0.15, 0.2) is 9.84 Å². The summed E-state index contributed by atoms with van der Waals surface area (Å²) in [4.78, 5) is 16.6. The zero-order chi connectivity index (χ0) is 15.6. The lowest BCUT2D eigenvalue weighted by molar-refractivity contribution is 0.0949. The van der Waals surface area contributed by atoms with Crippen LogP contribution in [-0.4, -0.2) is 25.6 Å². The van der Waals surface area contributed by atoms with Crippen molar-refractivity contribution in [2.75, 3.05) is 6.26 Å². The Balaban J connectivity index is 2.18. The molecule has 2 aromatic rings. The lowest BCUT2D eigenvalue weighted by Gasteiger charge is -2.08. The van der Waals surface area contributed by atoms with Gasteiger partial charge in [-0.3, -0.25) is 4.79 Å². The van der Waals surface area contributed by atoms with Crippen LogP contribution in [0.4, 0.5) is 0 Å². The number of hydrogen-bond donors (Lipinski definition) is 1. The van der Waals surface area contributed by atoms with Gasteiger partial charge in [0.1, 0.15) is 0 Å². The van der Waals surface area contributed by atoms with E-state index >= 15 is 0 Å². The molecule has 2 rings (SSSR count). The molecule has 0 fully saturated rings. The second kappa shape index (κ2) is 5.95. The van der Waals surface area contributed by atoms with Crippen molar-refractivity contribution in [3.63, 3.8) is 0 Å². The van der Waals surface area contributed by atoms with Gasteiger partial charge in [-0.25, -0.2) is 13.4 Å². The number of sulfone groups is 1. The highest BCUT2D eigenvalue weighted by molar-refractivity contribution is 7.90. The molecule has 1 aromatic heterocycles. The van der Waals surface area contributed by atoms with Gasteiger partial charge in [-0.15, -0.1) is 11.3 Å². The first-order chi connectivity index (χ1) is 9.77. The van der Waals surface area contributed by atoms with E-state index in [0.29, 0.717) is 12.1 Å². The maximum atomic E-state index is 12.2. The lowest BCUT2D eigenvalue weighted by Crippen LogP contribution is -2.24. The second-order valence-electron chi connectivity index (χ2n) is 4.79. The minimum Gasteiger partial charge on any atom is -0.346 e. The van der Waals surface area contributed by atoms with Crippen LogP contribution >= 0.6 is 11.3 Å². The fourth-order valence-corrected chi connectivity index (χ4v) is 3.09. The van der Waals surface area contributed by atoms with Crippen molar-refractivity contribution in [1.82, 2.24) is 10.3 Å². The van der Waals surface area contributed by atoms with Gasteiger partial charge in [0.05, 0.1) is 22.1 Å². The van der Waals surface area contributed by atoms with Crippen molar-refractivity contribution in [3.05, 3.63) is 45.4 Å². The highest BCUT2D eigenvalue weighted by atomic mass is 32.2. The van der Waals surface area contributed by atoms with E-state index in [1.807, 2.05) is 12.3 Å². The highest BCUT2D eigenvalue weighted by Gasteiger charge is 2.14. The summed E-state index contributed by atoms with van der Waals surface area (Å²) in [6, 6.07) is 4.55. The molecule has 0 aliphatic carbocycles. The monoisotopic (exact) mass is 324 g/mol. The van der Waals surface area contributed by atoms with E-state index in [4.69, 9.17) is 0 Å². The summed E-state index contributed by atoms with van der Waals surface area (Å²) in [6.07, 6.45) is 1.12. The third kappa shape index (κ3) is 3.89. The summed E-state index contributed by atoms with van der Waals surface area (Å²) >= 11 is 1.52. The zero-order valence-corrected chi connectivity index (χ0v) is 13.6. The van der Waals surface area contributed by atoms with Crippen LogP contribution in [0.25, 0.3) is 0 Å². The molecule has 5 nitrogen and oxygen atoms in total. The molecule has 0 radical (unpaired) electrons. The van der Waals surface area contributed by atoms with Crippen LogP contribution in [0.3, 0.4) is 0 Å². The number of carbonyl (C=O) groups excluding carboxylic acids is 1. The van der Waals surface area contributed by atoms with E-state index in [1.165, 1.54) is 23.5 Å². The minimum absolute atomic E-state index is 0.141. The number of thiazole rings is 1. The van der Waals surface area contributed by atoms with Gasteiger partial charge < -0.3 is 5.32 Å². The Bertz CT molecular complexity index is 779. The van der Waals surface area contributed by atoms with E-state index in [0.717, 1.165) is 22.5 Å². The molecule has 1 amide bonds. The van der Waals surface area contributed by atoms with Crippen molar-refractivity contribution in [1.29, 1.82) is 0 Å². The van der Waals surface area contributed by atoms with Gasteiger partial charge in [-0.1, -0.05) is 6.07 Å². The average Bonchev–Trinajstić information content (AvgIpc) is 2.81. The van der Waals surface area contributed by atoms with E-state index in [1.54, 1.807) is 13.0 Å². The van der Waals surface area contributed by atoms with Crippen molar-refractivity contribution in [2.45, 2.75) is 25.3 Å². The van der Waals surface area contributed by atoms with Gasteiger partial charge in [0, 0.05) is 17.2 Å². The number of amides is 1. The molecular formula is C14H16N2O3S2. The molecule has 0 spiro atoms. The average molecular weight is 324 g/mol. The van der Waals surface area contributed by atoms with Crippen molar-refractivity contribution < 1.29 is 13.2 Å². The van der Waals surface area contributed by atoms with Crippen molar-refractivity contribution in [2.24, 2.45) is 0 Å². The summed E-state index contributed by atoms with van der Waals surface area (Å²) < 4.78 is 23.1. The predicted molar refractivity (Wildman–Crippen MR) is 82.3 cm³/mol. The molecule has 0 saturated heterocycles. The number of benzene rings is 1. The Morgan fingerprint density at radius 3 is 2.62 bits per heavy atom. The van der Waals surface area contributed by atoms with Gasteiger partial charge >= 0.3 is 0 Å². The maximum absolute atomic E-state index is 12.2. The van der Waals surface area contributed by atoms with Crippen LogP contribution in [0.2, 0.25) is 0 Å². The molecule has 1 heterocycles. The van der Waals surface area contributed by atoms with Crippen molar-refractivity contribution >= 4 is 27.1 Å². The van der Waals surface area contributed by atoms with Crippen molar-refractivity contribution in [3.8, 4) is 0 Å². The summed E-state index contributed by atoms with van der Waals surface area (Å²) in [5.74, 6) is -0.302. The Labute approximate surface area is 128 Å². The number of rotatable bonds is 4. The quantitative estimate of drug-likeness (QED) is 0.934. The molecule has 7 heteroatoms. The Kier molecular flexibility index (Phi) is 4.43. The molecule has 0 atom stereocenters. The van der Waals surface area contributed by atoms with Gasteiger partial charge in [-0.05, 0) is 31.5 Å².